The van der Waals surface area contributed by atoms with E-state index in [1.165, 1.54) is 12.8 Å². The van der Waals surface area contributed by atoms with Gasteiger partial charge in [-0.3, -0.25) is 0 Å². The summed E-state index contributed by atoms with van der Waals surface area (Å²) < 4.78 is 0. The quantitative estimate of drug-likeness (QED) is 0.336. The van der Waals surface area contributed by atoms with E-state index in [2.05, 4.69) is 29.9 Å². The topological polar surface area (TPSA) is 12.0 Å². The fraction of sp³-hybridized carbons (Fsp3) is 0.800. The summed E-state index contributed by atoms with van der Waals surface area (Å²) in [5, 5.41) is 2.81. The van der Waals surface area contributed by atoms with E-state index in [1.54, 1.807) is 0 Å². The van der Waals surface area contributed by atoms with Gasteiger partial charge in [-0.25, -0.2) is 0 Å². The normalized spacial score (nSPS) is 8.14. The highest BCUT2D eigenvalue weighted by atomic mass is 32.1. The molecule has 0 saturated carbocycles. The van der Waals surface area contributed by atoms with E-state index in [1.807, 2.05) is 0 Å². The van der Waals surface area contributed by atoms with Gasteiger partial charge in [0.1, 0.15) is 5.49 Å². The third-order valence-electron chi connectivity index (χ3n) is 0.727. The Morgan fingerprint density at radius 2 is 2.43 bits per heavy atom. The minimum absolute atomic E-state index is 0.972. The molecule has 1 radical (unpaired) electrons. The first-order chi connectivity index (χ1) is 3.41. The standard InChI is InChI=1S/C5H10NS/c1-2-3-4-6-5-7/h2-4H2,1H3,(H,6,7). The maximum Gasteiger partial charge on any atom is 0.134 e. The molecule has 0 saturated heterocycles. The van der Waals surface area contributed by atoms with E-state index in [4.69, 9.17) is 0 Å². The molecule has 0 amide bonds. The summed E-state index contributed by atoms with van der Waals surface area (Å²) in [7, 11) is 0. The Hall–Kier alpha value is -0.110. The maximum absolute atomic E-state index is 4.40. The monoisotopic (exact) mass is 116 g/mol. The van der Waals surface area contributed by atoms with Crippen LogP contribution in [0, 0.1) is 0 Å². The summed E-state index contributed by atoms with van der Waals surface area (Å²) in [4.78, 5) is 0. The van der Waals surface area contributed by atoms with Gasteiger partial charge in [0.25, 0.3) is 0 Å². The fourth-order valence-corrected chi connectivity index (χ4v) is 0.418. The molecule has 0 unspecified atom stereocenters. The number of hydrogen-bond donors (Lipinski definition) is 1. The zero-order valence-electron chi connectivity index (χ0n) is 4.53. The molecule has 0 heterocycles. The molecule has 0 aliphatic heterocycles. The summed E-state index contributed by atoms with van der Waals surface area (Å²) in [5.74, 6) is 0. The zero-order valence-corrected chi connectivity index (χ0v) is 5.35. The van der Waals surface area contributed by atoms with Crippen LogP contribution >= 0.6 is 12.2 Å². The van der Waals surface area contributed by atoms with Gasteiger partial charge in [-0.1, -0.05) is 25.6 Å². The summed E-state index contributed by atoms with van der Waals surface area (Å²) >= 11 is 4.40. The molecule has 0 atom stereocenters. The second kappa shape index (κ2) is 5.89. The number of unbranched alkanes of at least 4 members (excludes halogenated alkanes) is 1. The predicted octanol–water partition coefficient (Wildman–Crippen LogP) is 1.21. The number of nitrogens with one attached hydrogen (secondary N) is 1. The van der Waals surface area contributed by atoms with Crippen molar-refractivity contribution in [3.05, 3.63) is 0 Å². The van der Waals surface area contributed by atoms with Gasteiger partial charge in [-0.2, -0.15) is 0 Å². The number of thiocarbonyl (C=S) groups is 1. The lowest BCUT2D eigenvalue weighted by molar-refractivity contribution is 0.764. The van der Waals surface area contributed by atoms with Gasteiger partial charge in [0.05, 0.1) is 0 Å². The molecule has 0 rings (SSSR count). The number of hydrogen-bond acceptors (Lipinski definition) is 1. The molecule has 0 spiro atoms. The van der Waals surface area contributed by atoms with Crippen molar-refractivity contribution in [3.63, 3.8) is 0 Å². The molecule has 7 heavy (non-hydrogen) atoms. The molecular formula is C5H10NS. The van der Waals surface area contributed by atoms with Crippen molar-refractivity contribution in [2.75, 3.05) is 6.54 Å². The van der Waals surface area contributed by atoms with Gasteiger partial charge < -0.3 is 5.32 Å². The molecule has 0 aromatic carbocycles. The van der Waals surface area contributed by atoms with Crippen LogP contribution in [-0.4, -0.2) is 12.0 Å². The summed E-state index contributed by atoms with van der Waals surface area (Å²) in [5.41, 5.74) is 2.44. The first kappa shape index (κ1) is 6.89. The fourth-order valence-electron chi connectivity index (χ4n) is 0.316. The van der Waals surface area contributed by atoms with E-state index in [0.717, 1.165) is 6.54 Å². The Morgan fingerprint density at radius 3 is 2.86 bits per heavy atom. The lowest BCUT2D eigenvalue weighted by Crippen LogP contribution is -2.09. The molecule has 1 nitrogen and oxygen atoms in total. The molecular weight excluding hydrogens is 106 g/mol. The van der Waals surface area contributed by atoms with Gasteiger partial charge in [0, 0.05) is 6.54 Å². The van der Waals surface area contributed by atoms with Gasteiger partial charge in [-0.05, 0) is 6.42 Å². The van der Waals surface area contributed by atoms with Crippen molar-refractivity contribution in [3.8, 4) is 0 Å². The van der Waals surface area contributed by atoms with Crippen molar-refractivity contribution in [1.29, 1.82) is 0 Å². The van der Waals surface area contributed by atoms with Crippen molar-refractivity contribution in [2.24, 2.45) is 0 Å². The Morgan fingerprint density at radius 1 is 1.71 bits per heavy atom. The van der Waals surface area contributed by atoms with E-state index in [9.17, 15) is 0 Å². The first-order valence-electron chi connectivity index (χ1n) is 2.51. The Kier molecular flexibility index (Phi) is 5.80. The highest BCUT2D eigenvalue weighted by Gasteiger charge is 1.75. The third kappa shape index (κ3) is 5.89. The highest BCUT2D eigenvalue weighted by molar-refractivity contribution is 7.78. The van der Waals surface area contributed by atoms with E-state index >= 15 is 0 Å². The molecule has 0 aliphatic carbocycles. The van der Waals surface area contributed by atoms with Crippen molar-refractivity contribution >= 4 is 17.7 Å². The van der Waals surface area contributed by atoms with Crippen LogP contribution in [0.15, 0.2) is 0 Å². The zero-order chi connectivity index (χ0) is 5.54. The van der Waals surface area contributed by atoms with Crippen LogP contribution in [0.25, 0.3) is 0 Å². The lowest BCUT2D eigenvalue weighted by Gasteiger charge is -1.91. The van der Waals surface area contributed by atoms with Crippen LogP contribution in [0.3, 0.4) is 0 Å². The molecule has 0 fully saturated rings. The van der Waals surface area contributed by atoms with E-state index < -0.39 is 0 Å². The smallest absolute Gasteiger partial charge is 0.134 e. The molecule has 2 heteroatoms. The highest BCUT2D eigenvalue weighted by Crippen LogP contribution is 1.79. The average molecular weight is 116 g/mol. The molecule has 0 aromatic heterocycles. The second-order valence-electron chi connectivity index (χ2n) is 1.38. The third-order valence-corrected chi connectivity index (χ3v) is 0.872. The lowest BCUT2D eigenvalue weighted by atomic mass is 10.3. The Balaban J connectivity index is 2.56. The van der Waals surface area contributed by atoms with Crippen molar-refractivity contribution in [2.45, 2.75) is 19.8 Å². The Labute approximate surface area is 50.1 Å². The van der Waals surface area contributed by atoms with Gasteiger partial charge >= 0.3 is 0 Å². The molecule has 0 bridgehead atoms. The van der Waals surface area contributed by atoms with Crippen molar-refractivity contribution < 1.29 is 0 Å². The maximum atomic E-state index is 4.40. The van der Waals surface area contributed by atoms with Crippen LogP contribution in [-0.2, 0) is 0 Å². The van der Waals surface area contributed by atoms with Crippen LogP contribution in [0.2, 0.25) is 0 Å². The molecule has 0 aliphatic rings. The molecule has 0 aromatic rings. The van der Waals surface area contributed by atoms with E-state index in [-0.39, 0.29) is 0 Å². The molecule has 41 valence electrons. The van der Waals surface area contributed by atoms with Gasteiger partial charge in [0.15, 0.2) is 0 Å². The largest absolute Gasteiger partial charge is 0.374 e. The predicted molar refractivity (Wildman–Crippen MR) is 35.5 cm³/mol. The summed E-state index contributed by atoms with van der Waals surface area (Å²) in [6.07, 6.45) is 2.40. The van der Waals surface area contributed by atoms with Crippen LogP contribution < -0.4 is 5.32 Å². The summed E-state index contributed by atoms with van der Waals surface area (Å²) in [6, 6.07) is 0. The van der Waals surface area contributed by atoms with Crippen LogP contribution in [0.1, 0.15) is 19.8 Å². The molecule has 1 N–H and O–H groups in total. The SMILES string of the molecule is CCCCN[C]=S. The number of rotatable bonds is 4. The first-order valence-corrected chi connectivity index (χ1v) is 2.92. The second-order valence-corrected chi connectivity index (χ2v) is 1.59. The van der Waals surface area contributed by atoms with Crippen LogP contribution in [0.5, 0.6) is 0 Å². The van der Waals surface area contributed by atoms with Crippen LogP contribution in [0.4, 0.5) is 0 Å². The summed E-state index contributed by atoms with van der Waals surface area (Å²) in [6.45, 7) is 3.12. The van der Waals surface area contributed by atoms with Crippen molar-refractivity contribution in [1.82, 2.24) is 5.32 Å². The Bertz CT molecular complexity index is 45.3. The van der Waals surface area contributed by atoms with Gasteiger partial charge in [-0.15, -0.1) is 0 Å². The minimum atomic E-state index is 0.972. The van der Waals surface area contributed by atoms with E-state index in [0.29, 0.717) is 0 Å². The average Bonchev–Trinajstić information content (AvgIpc) is 1.69. The minimum Gasteiger partial charge on any atom is -0.374 e. The van der Waals surface area contributed by atoms with Gasteiger partial charge in [0.2, 0.25) is 0 Å².